The van der Waals surface area contributed by atoms with E-state index in [9.17, 15) is 4.79 Å². The van der Waals surface area contributed by atoms with E-state index >= 15 is 0 Å². The molecule has 0 radical (unpaired) electrons. The summed E-state index contributed by atoms with van der Waals surface area (Å²) in [6.07, 6.45) is 2.51. The Hall–Kier alpha value is -1.39. The standard InChI is InChI=1S/C15H21NO3/c1-18-10-12-4-3-5-13(8-12)14(15(17)19-2)16-9-11-6-7-11/h3-5,8,11,14,16H,6-7,9-10H2,1-2H3. The van der Waals surface area contributed by atoms with Gasteiger partial charge in [0.25, 0.3) is 0 Å². The molecule has 1 fully saturated rings. The number of carbonyl (C=O) groups excluding carboxylic acids is 1. The van der Waals surface area contributed by atoms with Crippen molar-refractivity contribution in [3.05, 3.63) is 35.4 Å². The predicted octanol–water partition coefficient (Wildman–Crippen LogP) is 2.05. The lowest BCUT2D eigenvalue weighted by atomic mass is 10.0. The molecule has 19 heavy (non-hydrogen) atoms. The van der Waals surface area contributed by atoms with Crippen LogP contribution >= 0.6 is 0 Å². The third-order valence-corrected chi connectivity index (χ3v) is 3.34. The van der Waals surface area contributed by atoms with Gasteiger partial charge < -0.3 is 14.8 Å². The Balaban J connectivity index is 2.10. The van der Waals surface area contributed by atoms with Gasteiger partial charge in [0.05, 0.1) is 13.7 Å². The number of carbonyl (C=O) groups is 1. The molecule has 1 N–H and O–H groups in total. The van der Waals surface area contributed by atoms with Gasteiger partial charge in [-0.05, 0) is 36.4 Å². The number of hydrogen-bond donors (Lipinski definition) is 1. The van der Waals surface area contributed by atoms with Gasteiger partial charge in [0, 0.05) is 7.11 Å². The van der Waals surface area contributed by atoms with E-state index in [0.717, 1.165) is 17.7 Å². The molecule has 0 bridgehead atoms. The summed E-state index contributed by atoms with van der Waals surface area (Å²) in [6.45, 7) is 1.42. The van der Waals surface area contributed by atoms with Crippen LogP contribution in [0.1, 0.15) is 30.0 Å². The van der Waals surface area contributed by atoms with E-state index in [2.05, 4.69) is 5.32 Å². The monoisotopic (exact) mass is 263 g/mol. The van der Waals surface area contributed by atoms with Crippen molar-refractivity contribution in [2.75, 3.05) is 20.8 Å². The summed E-state index contributed by atoms with van der Waals surface area (Å²) in [6, 6.07) is 7.48. The summed E-state index contributed by atoms with van der Waals surface area (Å²) in [7, 11) is 3.09. The lowest BCUT2D eigenvalue weighted by Crippen LogP contribution is -2.31. The Bertz CT molecular complexity index is 429. The molecular weight excluding hydrogens is 242 g/mol. The van der Waals surface area contributed by atoms with Crippen LogP contribution in [0.4, 0.5) is 0 Å². The second-order valence-electron chi connectivity index (χ2n) is 4.99. The van der Waals surface area contributed by atoms with Gasteiger partial charge in [-0.3, -0.25) is 0 Å². The highest BCUT2D eigenvalue weighted by Crippen LogP contribution is 2.29. The van der Waals surface area contributed by atoms with Gasteiger partial charge in [-0.25, -0.2) is 4.79 Å². The van der Waals surface area contributed by atoms with E-state index in [0.29, 0.717) is 12.5 Å². The average Bonchev–Trinajstić information content (AvgIpc) is 3.23. The quantitative estimate of drug-likeness (QED) is 0.765. The van der Waals surface area contributed by atoms with E-state index in [1.165, 1.54) is 20.0 Å². The third-order valence-electron chi connectivity index (χ3n) is 3.34. The molecule has 1 aromatic rings. The van der Waals surface area contributed by atoms with E-state index < -0.39 is 0 Å². The summed E-state index contributed by atoms with van der Waals surface area (Å²) in [4.78, 5) is 11.9. The topological polar surface area (TPSA) is 47.6 Å². The van der Waals surface area contributed by atoms with Crippen molar-refractivity contribution in [3.63, 3.8) is 0 Å². The molecule has 0 heterocycles. The fraction of sp³-hybridized carbons (Fsp3) is 0.533. The Morgan fingerprint density at radius 2 is 2.21 bits per heavy atom. The minimum Gasteiger partial charge on any atom is -0.468 e. The van der Waals surface area contributed by atoms with Crippen LogP contribution in [-0.2, 0) is 20.9 Å². The Labute approximate surface area is 114 Å². The van der Waals surface area contributed by atoms with Gasteiger partial charge in [-0.1, -0.05) is 24.3 Å². The number of nitrogens with one attached hydrogen (secondary N) is 1. The van der Waals surface area contributed by atoms with Crippen molar-refractivity contribution >= 4 is 5.97 Å². The van der Waals surface area contributed by atoms with Crippen molar-refractivity contribution < 1.29 is 14.3 Å². The Morgan fingerprint density at radius 1 is 1.42 bits per heavy atom. The van der Waals surface area contributed by atoms with Crippen LogP contribution in [0.25, 0.3) is 0 Å². The largest absolute Gasteiger partial charge is 0.468 e. The lowest BCUT2D eigenvalue weighted by molar-refractivity contribution is -0.143. The second-order valence-corrected chi connectivity index (χ2v) is 4.99. The van der Waals surface area contributed by atoms with Gasteiger partial charge in [0.2, 0.25) is 0 Å². The van der Waals surface area contributed by atoms with Crippen LogP contribution in [0.15, 0.2) is 24.3 Å². The average molecular weight is 263 g/mol. The van der Waals surface area contributed by atoms with Crippen LogP contribution in [-0.4, -0.2) is 26.7 Å². The first-order valence-corrected chi connectivity index (χ1v) is 6.63. The van der Waals surface area contributed by atoms with E-state index in [4.69, 9.17) is 9.47 Å². The van der Waals surface area contributed by atoms with Gasteiger partial charge in [0.1, 0.15) is 6.04 Å². The molecule has 1 saturated carbocycles. The highest BCUT2D eigenvalue weighted by molar-refractivity contribution is 5.77. The molecule has 1 aliphatic carbocycles. The normalized spacial score (nSPS) is 16.1. The summed E-state index contributed by atoms with van der Waals surface area (Å²) in [5.74, 6) is 0.476. The fourth-order valence-electron chi connectivity index (χ4n) is 2.09. The first-order chi connectivity index (χ1) is 9.24. The molecule has 4 heteroatoms. The maximum absolute atomic E-state index is 11.9. The van der Waals surface area contributed by atoms with Crippen molar-refractivity contribution in [2.45, 2.75) is 25.5 Å². The minimum absolute atomic E-state index is 0.241. The van der Waals surface area contributed by atoms with E-state index in [-0.39, 0.29) is 12.0 Å². The van der Waals surface area contributed by atoms with Gasteiger partial charge in [0.15, 0.2) is 0 Å². The molecule has 4 nitrogen and oxygen atoms in total. The molecule has 1 unspecified atom stereocenters. The zero-order valence-electron chi connectivity index (χ0n) is 11.5. The van der Waals surface area contributed by atoms with Crippen molar-refractivity contribution in [1.29, 1.82) is 0 Å². The molecule has 2 rings (SSSR count). The summed E-state index contributed by atoms with van der Waals surface area (Å²) in [5, 5.41) is 3.30. The fourth-order valence-corrected chi connectivity index (χ4v) is 2.09. The smallest absolute Gasteiger partial charge is 0.327 e. The van der Waals surface area contributed by atoms with E-state index in [1.807, 2.05) is 24.3 Å². The van der Waals surface area contributed by atoms with Gasteiger partial charge >= 0.3 is 5.97 Å². The number of methoxy groups -OCH3 is 2. The molecule has 0 aromatic heterocycles. The summed E-state index contributed by atoms with van der Waals surface area (Å²) in [5.41, 5.74) is 1.99. The maximum Gasteiger partial charge on any atom is 0.327 e. The molecule has 1 aromatic carbocycles. The van der Waals surface area contributed by atoms with Crippen LogP contribution in [0.5, 0.6) is 0 Å². The van der Waals surface area contributed by atoms with Crippen molar-refractivity contribution in [1.82, 2.24) is 5.32 Å². The first-order valence-electron chi connectivity index (χ1n) is 6.63. The molecule has 1 atom stereocenters. The lowest BCUT2D eigenvalue weighted by Gasteiger charge is -2.17. The predicted molar refractivity (Wildman–Crippen MR) is 72.6 cm³/mol. The molecule has 104 valence electrons. The summed E-state index contributed by atoms with van der Waals surface area (Å²) < 4.78 is 10.0. The van der Waals surface area contributed by atoms with Gasteiger partial charge in [-0.2, -0.15) is 0 Å². The number of esters is 1. The van der Waals surface area contributed by atoms with Crippen LogP contribution in [0.2, 0.25) is 0 Å². The van der Waals surface area contributed by atoms with E-state index in [1.54, 1.807) is 7.11 Å². The SMILES string of the molecule is COCc1cccc(C(NCC2CC2)C(=O)OC)c1. The maximum atomic E-state index is 11.9. The molecule has 1 aliphatic rings. The number of benzene rings is 1. The number of rotatable bonds is 7. The molecular formula is C15H21NO3. The van der Waals surface area contributed by atoms with Gasteiger partial charge in [-0.15, -0.1) is 0 Å². The second kappa shape index (κ2) is 6.68. The first kappa shape index (κ1) is 14.0. The summed E-state index contributed by atoms with van der Waals surface area (Å²) >= 11 is 0. The number of hydrogen-bond acceptors (Lipinski definition) is 4. The molecule has 0 saturated heterocycles. The molecule has 0 spiro atoms. The Morgan fingerprint density at radius 3 is 2.84 bits per heavy atom. The van der Waals surface area contributed by atoms with Crippen molar-refractivity contribution in [3.8, 4) is 0 Å². The molecule has 0 amide bonds. The van der Waals surface area contributed by atoms with Crippen LogP contribution < -0.4 is 5.32 Å². The highest BCUT2D eigenvalue weighted by Gasteiger charge is 2.26. The minimum atomic E-state index is -0.387. The Kier molecular flexibility index (Phi) is 4.93. The van der Waals surface area contributed by atoms with Crippen molar-refractivity contribution in [2.24, 2.45) is 5.92 Å². The molecule has 0 aliphatic heterocycles. The third kappa shape index (κ3) is 4.04. The number of ether oxygens (including phenoxy) is 2. The van der Waals surface area contributed by atoms with Crippen LogP contribution in [0.3, 0.4) is 0 Å². The highest BCUT2D eigenvalue weighted by atomic mass is 16.5. The zero-order chi connectivity index (χ0) is 13.7. The zero-order valence-corrected chi connectivity index (χ0v) is 11.5. The van der Waals surface area contributed by atoms with Crippen LogP contribution in [0, 0.1) is 5.92 Å².